The monoisotopic (exact) mass is 267 g/mol. The van der Waals surface area contributed by atoms with E-state index in [4.69, 9.17) is 4.52 Å². The molecular weight excluding hydrogens is 252 g/mol. The first kappa shape index (κ1) is 13.6. The van der Waals surface area contributed by atoms with Crippen LogP contribution in [0.5, 0.6) is 0 Å². The Morgan fingerprint density at radius 3 is 2.79 bits per heavy atom. The molecule has 102 valence electrons. The Bertz CT molecular complexity index is 555. The third kappa shape index (κ3) is 3.82. The van der Waals surface area contributed by atoms with Gasteiger partial charge in [-0.1, -0.05) is 25.1 Å². The van der Waals surface area contributed by atoms with Gasteiger partial charge in [0.1, 0.15) is 11.6 Å². The molecule has 19 heavy (non-hydrogen) atoms. The van der Waals surface area contributed by atoms with E-state index in [1.807, 2.05) is 13.8 Å². The average molecular weight is 267 g/mol. The summed E-state index contributed by atoms with van der Waals surface area (Å²) in [6, 6.07) is 3.74. The molecule has 2 aromatic rings. The van der Waals surface area contributed by atoms with Gasteiger partial charge in [0.05, 0.1) is 6.54 Å². The van der Waals surface area contributed by atoms with Gasteiger partial charge in [-0.3, -0.25) is 0 Å². The van der Waals surface area contributed by atoms with Crippen molar-refractivity contribution in [3.63, 3.8) is 0 Å². The number of benzene rings is 1. The second kappa shape index (κ2) is 5.88. The molecule has 1 heterocycles. The second-order valence-corrected chi connectivity index (χ2v) is 4.55. The molecule has 0 aliphatic heterocycles. The lowest BCUT2D eigenvalue weighted by atomic mass is 10.1. The molecule has 0 saturated heterocycles. The molecule has 0 amide bonds. The molecule has 1 aromatic heterocycles. The summed E-state index contributed by atoms with van der Waals surface area (Å²) < 4.78 is 31.3. The molecule has 0 spiro atoms. The Morgan fingerprint density at radius 1 is 1.32 bits per heavy atom. The molecule has 4 nitrogen and oxygen atoms in total. The van der Waals surface area contributed by atoms with Crippen molar-refractivity contribution in [1.29, 1.82) is 0 Å². The van der Waals surface area contributed by atoms with Crippen molar-refractivity contribution in [3.8, 4) is 0 Å². The van der Waals surface area contributed by atoms with E-state index in [2.05, 4.69) is 15.5 Å². The third-order valence-electron chi connectivity index (χ3n) is 2.54. The van der Waals surface area contributed by atoms with Crippen molar-refractivity contribution in [2.45, 2.75) is 32.9 Å². The Labute approximate surface area is 109 Å². The summed E-state index contributed by atoms with van der Waals surface area (Å²) in [5.41, 5.74) is 0.338. The first-order valence-electron chi connectivity index (χ1n) is 6.03. The van der Waals surface area contributed by atoms with Crippen LogP contribution in [-0.2, 0) is 13.0 Å². The van der Waals surface area contributed by atoms with E-state index in [1.54, 1.807) is 0 Å². The fourth-order valence-electron chi connectivity index (χ4n) is 1.56. The number of nitrogens with zero attached hydrogens (tertiary/aromatic N) is 2. The Balaban J connectivity index is 2.03. The van der Waals surface area contributed by atoms with Crippen molar-refractivity contribution in [2.75, 3.05) is 0 Å². The Kier molecular flexibility index (Phi) is 4.21. The average Bonchev–Trinajstić information content (AvgIpc) is 2.78. The van der Waals surface area contributed by atoms with E-state index in [-0.39, 0.29) is 6.42 Å². The second-order valence-electron chi connectivity index (χ2n) is 4.55. The summed E-state index contributed by atoms with van der Waals surface area (Å²) in [5, 5.41) is 6.90. The SMILES string of the molecule is CC(C)NCc1nc(Cc2ccc(F)cc2F)no1. The van der Waals surface area contributed by atoms with Gasteiger partial charge in [-0.15, -0.1) is 0 Å². The topological polar surface area (TPSA) is 51.0 Å². The number of halogens is 2. The van der Waals surface area contributed by atoms with Gasteiger partial charge in [-0.05, 0) is 11.6 Å². The van der Waals surface area contributed by atoms with E-state index in [1.165, 1.54) is 12.1 Å². The molecule has 1 N–H and O–H groups in total. The van der Waals surface area contributed by atoms with Crippen LogP contribution in [0.3, 0.4) is 0 Å². The van der Waals surface area contributed by atoms with E-state index >= 15 is 0 Å². The van der Waals surface area contributed by atoms with Crippen LogP contribution in [0.4, 0.5) is 8.78 Å². The van der Waals surface area contributed by atoms with Gasteiger partial charge in [0.25, 0.3) is 0 Å². The zero-order valence-corrected chi connectivity index (χ0v) is 10.8. The van der Waals surface area contributed by atoms with Crippen molar-refractivity contribution in [1.82, 2.24) is 15.5 Å². The van der Waals surface area contributed by atoms with Gasteiger partial charge in [0, 0.05) is 18.5 Å². The Morgan fingerprint density at radius 2 is 2.11 bits per heavy atom. The van der Waals surface area contributed by atoms with Crippen molar-refractivity contribution < 1.29 is 13.3 Å². The lowest BCUT2D eigenvalue weighted by Gasteiger charge is -2.03. The number of nitrogens with one attached hydrogen (secondary N) is 1. The zero-order valence-electron chi connectivity index (χ0n) is 10.8. The minimum Gasteiger partial charge on any atom is -0.338 e. The highest BCUT2D eigenvalue weighted by Gasteiger charge is 2.10. The summed E-state index contributed by atoms with van der Waals surface area (Å²) in [6.45, 7) is 4.48. The maximum Gasteiger partial charge on any atom is 0.240 e. The highest BCUT2D eigenvalue weighted by molar-refractivity contribution is 5.21. The standard InChI is InChI=1S/C13H15F2N3O/c1-8(2)16-7-13-17-12(18-19-13)5-9-3-4-10(14)6-11(9)15/h3-4,6,8,16H,5,7H2,1-2H3. The van der Waals surface area contributed by atoms with Gasteiger partial charge < -0.3 is 9.84 Å². The molecule has 0 saturated carbocycles. The maximum absolute atomic E-state index is 13.5. The molecule has 2 rings (SSSR count). The summed E-state index contributed by atoms with van der Waals surface area (Å²) >= 11 is 0. The van der Waals surface area contributed by atoms with Crippen molar-refractivity contribution in [2.24, 2.45) is 0 Å². The lowest BCUT2D eigenvalue weighted by molar-refractivity contribution is 0.358. The highest BCUT2D eigenvalue weighted by Crippen LogP contribution is 2.13. The van der Waals surface area contributed by atoms with Crippen LogP contribution in [0.1, 0.15) is 31.1 Å². The molecular formula is C13H15F2N3O. The van der Waals surface area contributed by atoms with Crippen LogP contribution in [-0.4, -0.2) is 16.2 Å². The zero-order chi connectivity index (χ0) is 13.8. The molecule has 0 radical (unpaired) electrons. The summed E-state index contributed by atoms with van der Waals surface area (Å²) in [5.74, 6) is -0.375. The fourth-order valence-corrected chi connectivity index (χ4v) is 1.56. The molecule has 0 fully saturated rings. The van der Waals surface area contributed by atoms with E-state index in [0.29, 0.717) is 29.9 Å². The predicted molar refractivity (Wildman–Crippen MR) is 65.4 cm³/mol. The van der Waals surface area contributed by atoms with E-state index in [0.717, 1.165) is 6.07 Å². The summed E-state index contributed by atoms with van der Waals surface area (Å²) in [6.07, 6.45) is 0.178. The van der Waals surface area contributed by atoms with Gasteiger partial charge >= 0.3 is 0 Å². The molecule has 0 aliphatic rings. The smallest absolute Gasteiger partial charge is 0.240 e. The lowest BCUT2D eigenvalue weighted by Crippen LogP contribution is -2.21. The highest BCUT2D eigenvalue weighted by atomic mass is 19.1. The predicted octanol–water partition coefficient (Wildman–Crippen LogP) is 2.44. The first-order chi connectivity index (χ1) is 9.04. The van der Waals surface area contributed by atoms with Gasteiger partial charge in [0.2, 0.25) is 5.89 Å². The minimum absolute atomic E-state index is 0.178. The van der Waals surface area contributed by atoms with Crippen LogP contribution in [0.25, 0.3) is 0 Å². The first-order valence-corrected chi connectivity index (χ1v) is 6.03. The quantitative estimate of drug-likeness (QED) is 0.904. The number of hydrogen-bond acceptors (Lipinski definition) is 4. The van der Waals surface area contributed by atoms with Crippen LogP contribution in [0.15, 0.2) is 22.7 Å². The minimum atomic E-state index is -0.605. The maximum atomic E-state index is 13.5. The molecule has 0 atom stereocenters. The van der Waals surface area contributed by atoms with Gasteiger partial charge in [0.15, 0.2) is 5.82 Å². The summed E-state index contributed by atoms with van der Waals surface area (Å²) in [7, 11) is 0. The van der Waals surface area contributed by atoms with Crippen LogP contribution >= 0.6 is 0 Å². The number of aromatic nitrogens is 2. The number of hydrogen-bond donors (Lipinski definition) is 1. The van der Waals surface area contributed by atoms with E-state index < -0.39 is 11.6 Å². The van der Waals surface area contributed by atoms with Gasteiger partial charge in [-0.2, -0.15) is 4.98 Å². The largest absolute Gasteiger partial charge is 0.338 e. The molecule has 0 aliphatic carbocycles. The molecule has 1 aromatic carbocycles. The van der Waals surface area contributed by atoms with Crippen LogP contribution in [0, 0.1) is 11.6 Å². The van der Waals surface area contributed by atoms with Crippen molar-refractivity contribution in [3.05, 3.63) is 47.1 Å². The normalized spacial score (nSPS) is 11.2. The number of rotatable bonds is 5. The van der Waals surface area contributed by atoms with Crippen LogP contribution in [0.2, 0.25) is 0 Å². The molecule has 6 heteroatoms. The fraction of sp³-hybridized carbons (Fsp3) is 0.385. The van der Waals surface area contributed by atoms with E-state index in [9.17, 15) is 8.78 Å². The van der Waals surface area contributed by atoms with Crippen LogP contribution < -0.4 is 5.32 Å². The Hall–Kier alpha value is -1.82. The third-order valence-corrected chi connectivity index (χ3v) is 2.54. The summed E-state index contributed by atoms with van der Waals surface area (Å²) in [4.78, 5) is 4.14. The molecule has 0 bridgehead atoms. The van der Waals surface area contributed by atoms with Gasteiger partial charge in [-0.25, -0.2) is 8.78 Å². The van der Waals surface area contributed by atoms with Crippen molar-refractivity contribution >= 4 is 0 Å². The molecule has 0 unspecified atom stereocenters.